The van der Waals surface area contributed by atoms with Gasteiger partial charge in [-0.05, 0) is 19.1 Å². The molecule has 0 saturated carbocycles. The van der Waals surface area contributed by atoms with Crippen molar-refractivity contribution in [2.24, 2.45) is 0 Å². The predicted molar refractivity (Wildman–Crippen MR) is 83.5 cm³/mol. The summed E-state index contributed by atoms with van der Waals surface area (Å²) in [4.78, 5) is 20.3. The smallest absolute Gasteiger partial charge is 0.264 e. The van der Waals surface area contributed by atoms with E-state index >= 15 is 0 Å². The van der Waals surface area contributed by atoms with Gasteiger partial charge in [0.25, 0.3) is 5.91 Å². The van der Waals surface area contributed by atoms with Gasteiger partial charge in [-0.3, -0.25) is 4.79 Å². The molecule has 4 heterocycles. The van der Waals surface area contributed by atoms with Crippen LogP contribution in [0.2, 0.25) is 0 Å². The van der Waals surface area contributed by atoms with Crippen molar-refractivity contribution in [1.29, 1.82) is 0 Å². The fourth-order valence-electron chi connectivity index (χ4n) is 3.01. The largest absolute Gasteiger partial charge is 0.371 e. The van der Waals surface area contributed by atoms with E-state index in [0.29, 0.717) is 26.3 Å². The summed E-state index contributed by atoms with van der Waals surface area (Å²) in [5.41, 5.74) is 0. The fraction of sp³-hybridized carbons (Fsp3) is 0.533. The zero-order chi connectivity index (χ0) is 15.8. The van der Waals surface area contributed by atoms with Crippen molar-refractivity contribution in [2.45, 2.75) is 25.2 Å². The highest BCUT2D eigenvalue weighted by Gasteiger charge is 2.40. The first-order valence-electron chi connectivity index (χ1n) is 7.64. The minimum atomic E-state index is -0.0754. The SMILES string of the molecule is Cc1ccc(C(=O)N2C[C@@H]3OCC(n4cncn4)CO[C@H]3C2)s1. The summed E-state index contributed by atoms with van der Waals surface area (Å²) in [6.45, 7) is 4.19. The number of hydrogen-bond donors (Lipinski definition) is 0. The van der Waals surface area contributed by atoms with Crippen LogP contribution in [0.1, 0.15) is 20.6 Å². The van der Waals surface area contributed by atoms with Crippen LogP contribution in [0.15, 0.2) is 24.8 Å². The first-order valence-corrected chi connectivity index (χ1v) is 8.45. The number of hydrogen-bond acceptors (Lipinski definition) is 6. The highest BCUT2D eigenvalue weighted by molar-refractivity contribution is 7.13. The summed E-state index contributed by atoms with van der Waals surface area (Å²) in [5.74, 6) is 0.0659. The second kappa shape index (κ2) is 6.03. The Bertz CT molecular complexity index is 671. The molecule has 1 amide bonds. The van der Waals surface area contributed by atoms with Crippen molar-refractivity contribution in [1.82, 2.24) is 19.7 Å². The normalized spacial score (nSPS) is 25.3. The Morgan fingerprint density at radius 3 is 2.57 bits per heavy atom. The van der Waals surface area contributed by atoms with Crippen LogP contribution in [0.4, 0.5) is 0 Å². The zero-order valence-corrected chi connectivity index (χ0v) is 13.6. The molecular formula is C15H18N4O3S. The van der Waals surface area contributed by atoms with Crippen LogP contribution in [0.5, 0.6) is 0 Å². The summed E-state index contributed by atoms with van der Waals surface area (Å²) in [6, 6.07) is 3.90. The molecule has 0 radical (unpaired) electrons. The third-order valence-corrected chi connectivity index (χ3v) is 5.26. The van der Waals surface area contributed by atoms with Gasteiger partial charge >= 0.3 is 0 Å². The Morgan fingerprint density at radius 1 is 1.26 bits per heavy atom. The van der Waals surface area contributed by atoms with Crippen molar-refractivity contribution in [3.63, 3.8) is 0 Å². The standard InChI is InChI=1S/C15H18N4O3S/c1-10-2-3-14(23-10)15(20)18-4-12-13(5-18)22-7-11(6-21-12)19-9-16-8-17-19/h2-3,8-9,11-13H,4-7H2,1H3/t12-,13-/m0/s1. The van der Waals surface area contributed by atoms with Gasteiger partial charge in [0.2, 0.25) is 0 Å². The predicted octanol–water partition coefficient (Wildman–Crippen LogP) is 1.13. The van der Waals surface area contributed by atoms with Gasteiger partial charge in [0, 0.05) is 18.0 Å². The maximum atomic E-state index is 12.5. The van der Waals surface area contributed by atoms with Gasteiger partial charge < -0.3 is 14.4 Å². The second-order valence-corrected chi connectivity index (χ2v) is 7.18. The quantitative estimate of drug-likeness (QED) is 0.823. The minimum absolute atomic E-state index is 0.0344. The number of ether oxygens (including phenoxy) is 2. The molecule has 0 aromatic carbocycles. The molecule has 2 atom stereocenters. The van der Waals surface area contributed by atoms with Crippen LogP contribution >= 0.6 is 11.3 Å². The summed E-state index contributed by atoms with van der Waals surface area (Å²) < 4.78 is 13.7. The molecule has 122 valence electrons. The van der Waals surface area contributed by atoms with E-state index in [4.69, 9.17) is 9.47 Å². The van der Waals surface area contributed by atoms with Crippen molar-refractivity contribution in [2.75, 3.05) is 26.3 Å². The number of aryl methyl sites for hydroxylation is 1. The van der Waals surface area contributed by atoms with Gasteiger partial charge in [0.1, 0.15) is 30.9 Å². The molecule has 0 bridgehead atoms. The number of aromatic nitrogens is 3. The summed E-state index contributed by atoms with van der Waals surface area (Å²) in [5, 5.41) is 4.14. The van der Waals surface area contributed by atoms with E-state index in [9.17, 15) is 4.79 Å². The maximum Gasteiger partial charge on any atom is 0.264 e. The van der Waals surface area contributed by atoms with Crippen molar-refractivity contribution in [3.8, 4) is 0 Å². The number of likely N-dealkylation sites (tertiary alicyclic amines) is 1. The summed E-state index contributed by atoms with van der Waals surface area (Å²) in [6.07, 6.45) is 3.03. The van der Waals surface area contributed by atoms with Gasteiger partial charge in [-0.1, -0.05) is 0 Å². The Labute approximate surface area is 137 Å². The van der Waals surface area contributed by atoms with Gasteiger partial charge in [-0.2, -0.15) is 5.10 Å². The lowest BCUT2D eigenvalue weighted by Crippen LogP contribution is -2.30. The van der Waals surface area contributed by atoms with Crippen LogP contribution in [0, 0.1) is 6.92 Å². The van der Waals surface area contributed by atoms with Gasteiger partial charge in [-0.15, -0.1) is 11.3 Å². The van der Waals surface area contributed by atoms with Gasteiger partial charge in [-0.25, -0.2) is 9.67 Å². The number of thiophene rings is 1. The molecule has 8 heteroatoms. The molecule has 2 aliphatic heterocycles. The van der Waals surface area contributed by atoms with Gasteiger partial charge in [0.05, 0.1) is 18.1 Å². The molecule has 2 aliphatic rings. The number of nitrogens with zero attached hydrogens (tertiary/aromatic N) is 4. The number of rotatable bonds is 2. The van der Waals surface area contributed by atoms with E-state index in [-0.39, 0.29) is 24.2 Å². The lowest BCUT2D eigenvalue weighted by Gasteiger charge is -2.18. The van der Waals surface area contributed by atoms with E-state index < -0.39 is 0 Å². The van der Waals surface area contributed by atoms with E-state index in [0.717, 1.165) is 9.75 Å². The third kappa shape index (κ3) is 2.89. The average molecular weight is 334 g/mol. The molecule has 0 N–H and O–H groups in total. The van der Waals surface area contributed by atoms with Crippen LogP contribution in [0.3, 0.4) is 0 Å². The Hall–Kier alpha value is -1.77. The van der Waals surface area contributed by atoms with Crippen LogP contribution in [0.25, 0.3) is 0 Å². The monoisotopic (exact) mass is 334 g/mol. The summed E-state index contributed by atoms with van der Waals surface area (Å²) >= 11 is 1.53. The van der Waals surface area contributed by atoms with Crippen molar-refractivity contribution < 1.29 is 14.3 Å². The lowest BCUT2D eigenvalue weighted by atomic mass is 10.3. The van der Waals surface area contributed by atoms with E-state index in [1.165, 1.54) is 17.7 Å². The van der Waals surface area contributed by atoms with E-state index in [1.54, 1.807) is 11.0 Å². The van der Waals surface area contributed by atoms with Crippen LogP contribution in [-0.2, 0) is 9.47 Å². The fourth-order valence-corrected chi connectivity index (χ4v) is 3.85. The van der Waals surface area contributed by atoms with E-state index in [1.807, 2.05) is 24.0 Å². The Morgan fingerprint density at radius 2 is 2.00 bits per heavy atom. The highest BCUT2D eigenvalue weighted by atomic mass is 32.1. The third-order valence-electron chi connectivity index (χ3n) is 4.27. The number of fused-ring (bicyclic) bond motifs is 1. The van der Waals surface area contributed by atoms with Gasteiger partial charge in [0.15, 0.2) is 0 Å². The molecule has 2 aromatic rings. The average Bonchev–Trinajstić information content (AvgIpc) is 3.27. The molecule has 4 rings (SSSR count). The molecule has 0 aliphatic carbocycles. The number of carbonyl (C=O) groups excluding carboxylic acids is 1. The second-order valence-electron chi connectivity index (χ2n) is 5.89. The molecule has 0 spiro atoms. The first kappa shape index (κ1) is 14.8. The molecular weight excluding hydrogens is 316 g/mol. The van der Waals surface area contributed by atoms with Crippen LogP contribution in [-0.4, -0.2) is 64.1 Å². The van der Waals surface area contributed by atoms with Crippen molar-refractivity contribution in [3.05, 3.63) is 34.5 Å². The number of carbonyl (C=O) groups is 1. The number of amides is 1. The molecule has 2 fully saturated rings. The Balaban J connectivity index is 1.41. The lowest BCUT2D eigenvalue weighted by molar-refractivity contribution is -0.00461. The molecule has 0 unspecified atom stereocenters. The molecule has 2 saturated heterocycles. The first-order chi connectivity index (χ1) is 11.2. The Kier molecular flexibility index (Phi) is 3.88. The molecule has 23 heavy (non-hydrogen) atoms. The maximum absolute atomic E-state index is 12.5. The minimum Gasteiger partial charge on any atom is -0.371 e. The van der Waals surface area contributed by atoms with E-state index in [2.05, 4.69) is 10.1 Å². The zero-order valence-electron chi connectivity index (χ0n) is 12.8. The summed E-state index contributed by atoms with van der Waals surface area (Å²) in [7, 11) is 0. The molecule has 7 nitrogen and oxygen atoms in total. The van der Waals surface area contributed by atoms with Crippen molar-refractivity contribution >= 4 is 17.2 Å². The molecule has 2 aromatic heterocycles. The highest BCUT2D eigenvalue weighted by Crippen LogP contribution is 2.26. The van der Waals surface area contributed by atoms with Crippen LogP contribution < -0.4 is 0 Å². The topological polar surface area (TPSA) is 69.5 Å².